The number of alkyl halides is 6. The van der Waals surface area contributed by atoms with Crippen LogP contribution in [-0.2, 0) is 18.8 Å². The molecule has 0 fully saturated rings. The Kier molecular flexibility index (Phi) is 4.82. The Hall–Kier alpha value is -3.04. The van der Waals surface area contributed by atoms with Crippen LogP contribution in [0.1, 0.15) is 28.1 Å². The summed E-state index contributed by atoms with van der Waals surface area (Å²) >= 11 is 0. The molecule has 4 nitrogen and oxygen atoms in total. The van der Waals surface area contributed by atoms with Crippen molar-refractivity contribution < 1.29 is 30.8 Å². The average molecular weight is 401 g/mol. The summed E-state index contributed by atoms with van der Waals surface area (Å²) in [5.74, 6) is -0.385. The number of anilines is 1. The molecule has 1 heterocycles. The lowest BCUT2D eigenvalue weighted by Gasteiger charge is -2.12. The normalized spacial score (nSPS) is 12.4. The number of aromatic nitrogens is 2. The zero-order valence-corrected chi connectivity index (χ0v) is 14.3. The van der Waals surface area contributed by atoms with Gasteiger partial charge in [0.1, 0.15) is 0 Å². The Labute approximate surface area is 155 Å². The molecule has 3 rings (SSSR count). The molecule has 0 bridgehead atoms. The minimum absolute atomic E-state index is 0.0396. The highest BCUT2D eigenvalue weighted by molar-refractivity contribution is 5.57. The number of rotatable bonds is 3. The van der Waals surface area contributed by atoms with Crippen molar-refractivity contribution in [2.45, 2.75) is 25.7 Å². The zero-order chi connectivity index (χ0) is 20.7. The van der Waals surface area contributed by atoms with Gasteiger partial charge in [-0.1, -0.05) is 12.1 Å². The molecular weight excluding hydrogens is 388 g/mol. The van der Waals surface area contributed by atoms with Crippen LogP contribution in [0.15, 0.2) is 40.8 Å². The fraction of sp³-hybridized carbons (Fsp3) is 0.222. The second-order valence-electron chi connectivity index (χ2n) is 6.16. The molecule has 0 amide bonds. The number of nitrogen functional groups attached to an aromatic ring is 1. The molecule has 2 N–H and O–H groups in total. The molecule has 2 aromatic carbocycles. The van der Waals surface area contributed by atoms with Crippen LogP contribution in [0, 0.1) is 6.92 Å². The summed E-state index contributed by atoms with van der Waals surface area (Å²) in [5.41, 5.74) is 4.50. The molecule has 28 heavy (non-hydrogen) atoms. The third-order valence-electron chi connectivity index (χ3n) is 3.99. The first-order chi connectivity index (χ1) is 12.9. The van der Waals surface area contributed by atoms with E-state index >= 15 is 0 Å². The molecule has 0 saturated heterocycles. The molecular formula is C18H13F6N3O. The molecule has 0 aliphatic heterocycles. The van der Waals surface area contributed by atoms with Crippen LogP contribution in [-0.4, -0.2) is 10.2 Å². The maximum absolute atomic E-state index is 13.0. The van der Waals surface area contributed by atoms with E-state index in [9.17, 15) is 26.3 Å². The van der Waals surface area contributed by atoms with E-state index < -0.39 is 34.9 Å². The maximum Gasteiger partial charge on any atom is 0.416 e. The molecule has 0 atom stereocenters. The van der Waals surface area contributed by atoms with Gasteiger partial charge >= 0.3 is 12.4 Å². The summed E-state index contributed by atoms with van der Waals surface area (Å²) < 4.78 is 83.1. The van der Waals surface area contributed by atoms with E-state index in [-0.39, 0.29) is 18.4 Å². The molecule has 3 aromatic rings. The third kappa shape index (κ3) is 4.26. The minimum atomic E-state index is -4.96. The molecule has 10 heteroatoms. The molecule has 1 aromatic heterocycles. The molecule has 0 spiro atoms. The quantitative estimate of drug-likeness (QED) is 0.481. The highest BCUT2D eigenvalue weighted by Crippen LogP contribution is 2.38. The van der Waals surface area contributed by atoms with E-state index in [1.807, 2.05) is 0 Å². The first kappa shape index (κ1) is 19.7. The first-order valence-electron chi connectivity index (χ1n) is 7.91. The number of hydrogen-bond acceptors (Lipinski definition) is 4. The van der Waals surface area contributed by atoms with Crippen molar-refractivity contribution in [3.63, 3.8) is 0 Å². The van der Waals surface area contributed by atoms with Crippen molar-refractivity contribution in [2.75, 3.05) is 5.73 Å². The lowest BCUT2D eigenvalue weighted by molar-refractivity contribution is -0.143. The lowest BCUT2D eigenvalue weighted by Crippen LogP contribution is -2.11. The second-order valence-corrected chi connectivity index (χ2v) is 6.16. The fourth-order valence-electron chi connectivity index (χ4n) is 2.54. The maximum atomic E-state index is 13.0. The van der Waals surface area contributed by atoms with Crippen LogP contribution >= 0.6 is 0 Å². The van der Waals surface area contributed by atoms with Gasteiger partial charge in [0.05, 0.1) is 17.5 Å². The standard InChI is InChI=1S/C18H13F6N3O/c1-9-4-10(2-3-14(9)25)5-15-26-27-16(28-15)11-6-12(17(19,20)21)8-13(7-11)18(22,23)24/h2-4,6-8H,5,25H2,1H3. The van der Waals surface area contributed by atoms with Crippen LogP contribution < -0.4 is 5.73 Å². The number of nitrogens with zero attached hydrogens (tertiary/aromatic N) is 2. The Morgan fingerprint density at radius 3 is 2.04 bits per heavy atom. The summed E-state index contributed by atoms with van der Waals surface area (Å²) in [4.78, 5) is 0. The van der Waals surface area contributed by atoms with Gasteiger partial charge in [-0.25, -0.2) is 0 Å². The van der Waals surface area contributed by atoms with E-state index in [1.165, 1.54) is 0 Å². The van der Waals surface area contributed by atoms with Crippen molar-refractivity contribution in [3.05, 3.63) is 64.5 Å². The highest BCUT2D eigenvalue weighted by atomic mass is 19.4. The van der Waals surface area contributed by atoms with Gasteiger partial charge in [-0.2, -0.15) is 26.3 Å². The topological polar surface area (TPSA) is 64.9 Å². The molecule has 0 aliphatic carbocycles. The largest absolute Gasteiger partial charge is 0.420 e. The first-order valence-corrected chi connectivity index (χ1v) is 7.91. The molecule has 148 valence electrons. The summed E-state index contributed by atoms with van der Waals surface area (Å²) in [6, 6.07) is 6.27. The predicted molar refractivity (Wildman–Crippen MR) is 88.1 cm³/mol. The van der Waals surface area contributed by atoms with Crippen molar-refractivity contribution in [2.24, 2.45) is 0 Å². The van der Waals surface area contributed by atoms with Crippen LogP contribution in [0.4, 0.5) is 32.0 Å². The number of nitrogens with two attached hydrogens (primary N) is 1. The Balaban J connectivity index is 1.96. The van der Waals surface area contributed by atoms with E-state index in [4.69, 9.17) is 10.2 Å². The molecule has 0 unspecified atom stereocenters. The van der Waals surface area contributed by atoms with Crippen molar-refractivity contribution in [3.8, 4) is 11.5 Å². The Bertz CT molecular complexity index is 975. The van der Waals surface area contributed by atoms with Crippen LogP contribution in [0.5, 0.6) is 0 Å². The van der Waals surface area contributed by atoms with Crippen LogP contribution in [0.25, 0.3) is 11.5 Å². The minimum Gasteiger partial charge on any atom is -0.420 e. The lowest BCUT2D eigenvalue weighted by atomic mass is 10.0. The number of benzene rings is 2. The van der Waals surface area contributed by atoms with E-state index in [2.05, 4.69) is 10.2 Å². The van der Waals surface area contributed by atoms with E-state index in [0.717, 1.165) is 11.1 Å². The third-order valence-corrected chi connectivity index (χ3v) is 3.99. The zero-order valence-electron chi connectivity index (χ0n) is 14.3. The summed E-state index contributed by atoms with van der Waals surface area (Å²) in [5, 5.41) is 7.31. The van der Waals surface area contributed by atoms with Gasteiger partial charge in [0, 0.05) is 11.3 Å². The highest BCUT2D eigenvalue weighted by Gasteiger charge is 2.37. The summed E-state index contributed by atoms with van der Waals surface area (Å²) in [6.07, 6.45) is -9.76. The van der Waals surface area contributed by atoms with Gasteiger partial charge in [0.15, 0.2) is 0 Å². The van der Waals surface area contributed by atoms with Gasteiger partial charge in [-0.15, -0.1) is 10.2 Å². The summed E-state index contributed by atoms with van der Waals surface area (Å²) in [7, 11) is 0. The van der Waals surface area contributed by atoms with Gasteiger partial charge in [-0.05, 0) is 42.3 Å². The number of aryl methyl sites for hydroxylation is 1. The Morgan fingerprint density at radius 2 is 1.50 bits per heavy atom. The van der Waals surface area contributed by atoms with Crippen LogP contribution in [0.3, 0.4) is 0 Å². The fourth-order valence-corrected chi connectivity index (χ4v) is 2.54. The molecule has 0 radical (unpaired) electrons. The van der Waals surface area contributed by atoms with E-state index in [0.29, 0.717) is 17.8 Å². The van der Waals surface area contributed by atoms with Gasteiger partial charge in [-0.3, -0.25) is 0 Å². The van der Waals surface area contributed by atoms with Gasteiger partial charge < -0.3 is 10.2 Å². The van der Waals surface area contributed by atoms with Gasteiger partial charge in [0.2, 0.25) is 11.8 Å². The van der Waals surface area contributed by atoms with Crippen molar-refractivity contribution in [1.82, 2.24) is 10.2 Å². The van der Waals surface area contributed by atoms with Crippen LogP contribution in [0.2, 0.25) is 0 Å². The van der Waals surface area contributed by atoms with Crippen molar-refractivity contribution in [1.29, 1.82) is 0 Å². The van der Waals surface area contributed by atoms with E-state index in [1.54, 1.807) is 25.1 Å². The second kappa shape index (κ2) is 6.84. The predicted octanol–water partition coefficient (Wildman–Crippen LogP) is 5.26. The van der Waals surface area contributed by atoms with Crippen molar-refractivity contribution >= 4 is 5.69 Å². The molecule has 0 aliphatic rings. The molecule has 0 saturated carbocycles. The smallest absolute Gasteiger partial charge is 0.416 e. The number of halogens is 6. The average Bonchev–Trinajstić information content (AvgIpc) is 3.05. The van der Waals surface area contributed by atoms with Gasteiger partial charge in [0.25, 0.3) is 0 Å². The SMILES string of the molecule is Cc1cc(Cc2nnc(-c3cc(C(F)(F)F)cc(C(F)(F)F)c3)o2)ccc1N. The Morgan fingerprint density at radius 1 is 0.893 bits per heavy atom. The monoisotopic (exact) mass is 401 g/mol. The summed E-state index contributed by atoms with van der Waals surface area (Å²) in [6.45, 7) is 1.79. The number of hydrogen-bond donors (Lipinski definition) is 1.